The highest BCUT2D eigenvalue weighted by Gasteiger charge is 2.04. The molecule has 0 saturated heterocycles. The van der Waals surface area contributed by atoms with Crippen LogP contribution in [0, 0.1) is 0 Å². The molecule has 1 aliphatic heterocycles. The molecule has 2 aromatic rings. The Morgan fingerprint density at radius 3 is 2.69 bits per heavy atom. The Bertz CT molecular complexity index is 590. The van der Waals surface area contributed by atoms with Crippen molar-refractivity contribution in [1.82, 2.24) is 9.97 Å². The number of rotatable bonds is 2. The van der Waals surface area contributed by atoms with Crippen LogP contribution >= 0.6 is 0 Å². The zero-order valence-electron chi connectivity index (χ0n) is 8.50. The minimum Gasteiger partial charge on any atom is -0.471 e. The lowest BCUT2D eigenvalue weighted by molar-refractivity contribution is 0.288. The van der Waals surface area contributed by atoms with Gasteiger partial charge >= 0.3 is 0 Å². The fourth-order valence-electron chi connectivity index (χ4n) is 1.43. The highest BCUT2D eigenvalue weighted by Crippen LogP contribution is 2.09. The molecule has 0 atom stereocenters. The third-order valence-electron chi connectivity index (χ3n) is 2.29. The highest BCUT2D eigenvalue weighted by molar-refractivity contribution is 5.92. The number of para-hydroxylation sites is 2. The first-order valence-electron chi connectivity index (χ1n) is 5.00. The van der Waals surface area contributed by atoms with Crippen molar-refractivity contribution in [2.75, 3.05) is 0 Å². The molecule has 0 bridgehead atoms. The van der Waals surface area contributed by atoms with Gasteiger partial charge in [-0.2, -0.15) is 0 Å². The van der Waals surface area contributed by atoms with Gasteiger partial charge in [-0.05, 0) is 12.1 Å². The van der Waals surface area contributed by atoms with Crippen molar-refractivity contribution in [3.8, 4) is 0 Å². The molecule has 0 saturated carbocycles. The van der Waals surface area contributed by atoms with Gasteiger partial charge in [-0.3, -0.25) is 4.98 Å². The number of aliphatic imine (C=N–C) groups is 1. The van der Waals surface area contributed by atoms with Crippen LogP contribution in [-0.4, -0.2) is 15.9 Å². The Kier molecular flexibility index (Phi) is 2.11. The van der Waals surface area contributed by atoms with Crippen LogP contribution in [-0.2, 0) is 11.3 Å². The molecule has 0 amide bonds. The molecule has 78 valence electrons. The van der Waals surface area contributed by atoms with E-state index in [0.717, 1.165) is 16.7 Å². The average molecular weight is 211 g/mol. The number of aromatic nitrogens is 2. The molecule has 3 rings (SSSR count). The molecule has 1 aromatic carbocycles. The van der Waals surface area contributed by atoms with E-state index in [-0.39, 0.29) is 0 Å². The Morgan fingerprint density at radius 1 is 1.12 bits per heavy atom. The first kappa shape index (κ1) is 9.03. The molecule has 2 heterocycles. The number of fused-ring (bicyclic) bond motifs is 1. The summed E-state index contributed by atoms with van der Waals surface area (Å²) in [7, 11) is 0. The number of hydrogen-bond donors (Lipinski definition) is 0. The van der Waals surface area contributed by atoms with Crippen molar-refractivity contribution in [2.24, 2.45) is 4.99 Å². The maximum Gasteiger partial charge on any atom is 0.215 e. The third-order valence-corrected chi connectivity index (χ3v) is 2.29. The third kappa shape index (κ3) is 1.65. The largest absolute Gasteiger partial charge is 0.471 e. The molecule has 0 aliphatic carbocycles. The molecule has 0 unspecified atom stereocenters. The lowest BCUT2D eigenvalue weighted by Gasteiger charge is -2.08. The molecule has 1 aromatic heterocycles. The van der Waals surface area contributed by atoms with Gasteiger partial charge in [-0.15, -0.1) is 0 Å². The van der Waals surface area contributed by atoms with Crippen LogP contribution in [0.3, 0.4) is 0 Å². The number of nitrogens with zero attached hydrogens (tertiary/aromatic N) is 3. The Hall–Kier alpha value is -2.23. The molecule has 4 nitrogen and oxygen atoms in total. The minimum absolute atomic E-state index is 0.404. The maximum absolute atomic E-state index is 5.37. The predicted molar refractivity (Wildman–Crippen MR) is 60.9 cm³/mol. The van der Waals surface area contributed by atoms with Crippen LogP contribution in [0.4, 0.5) is 0 Å². The monoisotopic (exact) mass is 211 g/mol. The zero-order valence-corrected chi connectivity index (χ0v) is 8.50. The number of ether oxygens (including phenoxy) is 1. The van der Waals surface area contributed by atoms with Crippen molar-refractivity contribution in [3.05, 3.63) is 48.4 Å². The minimum atomic E-state index is 0.404. The van der Waals surface area contributed by atoms with Gasteiger partial charge in [-0.25, -0.2) is 9.98 Å². The van der Waals surface area contributed by atoms with Gasteiger partial charge in [-0.1, -0.05) is 12.1 Å². The lowest BCUT2D eigenvalue weighted by atomic mass is 10.3. The Labute approximate surface area is 92.3 Å². The molecule has 0 N–H and O–H groups in total. The van der Waals surface area contributed by atoms with E-state index in [1.807, 2.05) is 30.3 Å². The molecule has 0 spiro atoms. The Balaban J connectivity index is 1.81. The van der Waals surface area contributed by atoms with Crippen LogP contribution in [0.5, 0.6) is 0 Å². The van der Waals surface area contributed by atoms with Crippen molar-refractivity contribution in [1.29, 1.82) is 0 Å². The molecule has 4 heteroatoms. The highest BCUT2D eigenvalue weighted by atomic mass is 16.5. The summed E-state index contributed by atoms with van der Waals surface area (Å²) in [6.07, 6.45) is 5.24. The topological polar surface area (TPSA) is 47.4 Å². The fourth-order valence-corrected chi connectivity index (χ4v) is 1.43. The van der Waals surface area contributed by atoms with Crippen molar-refractivity contribution in [2.45, 2.75) is 6.61 Å². The second-order valence-electron chi connectivity index (χ2n) is 3.42. The summed E-state index contributed by atoms with van der Waals surface area (Å²) in [5.41, 5.74) is 2.59. The summed E-state index contributed by atoms with van der Waals surface area (Å²) in [5, 5.41) is 0. The molecule has 1 aliphatic rings. The summed E-state index contributed by atoms with van der Waals surface area (Å²) in [5.74, 6) is 0.648. The average Bonchev–Trinajstić information content (AvgIpc) is 2.27. The van der Waals surface area contributed by atoms with Crippen LogP contribution in [0.1, 0.15) is 5.69 Å². The zero-order chi connectivity index (χ0) is 10.8. The lowest BCUT2D eigenvalue weighted by Crippen LogP contribution is -2.06. The predicted octanol–water partition coefficient (Wildman–Crippen LogP) is 2.07. The fraction of sp³-hybridized carbons (Fsp3) is 0.0833. The molecular weight excluding hydrogens is 202 g/mol. The van der Waals surface area contributed by atoms with Gasteiger partial charge in [0.05, 0.1) is 22.9 Å². The van der Waals surface area contributed by atoms with Crippen LogP contribution in [0.15, 0.2) is 47.7 Å². The van der Waals surface area contributed by atoms with Crippen molar-refractivity contribution < 1.29 is 4.74 Å². The normalized spacial score (nSPS) is 13.4. The molecule has 16 heavy (non-hydrogen) atoms. The van der Waals surface area contributed by atoms with E-state index in [2.05, 4.69) is 15.0 Å². The van der Waals surface area contributed by atoms with E-state index in [1.165, 1.54) is 0 Å². The first-order chi connectivity index (χ1) is 7.92. The summed E-state index contributed by atoms with van der Waals surface area (Å²) in [6, 6.07) is 7.76. The van der Waals surface area contributed by atoms with Gasteiger partial charge < -0.3 is 4.74 Å². The Morgan fingerprint density at radius 2 is 1.94 bits per heavy atom. The van der Waals surface area contributed by atoms with Gasteiger partial charge in [0.2, 0.25) is 5.90 Å². The maximum atomic E-state index is 5.37. The van der Waals surface area contributed by atoms with Crippen molar-refractivity contribution in [3.63, 3.8) is 0 Å². The summed E-state index contributed by atoms with van der Waals surface area (Å²) < 4.78 is 5.37. The van der Waals surface area contributed by atoms with E-state index in [1.54, 1.807) is 12.4 Å². The second-order valence-corrected chi connectivity index (χ2v) is 3.42. The molecular formula is C12H9N3O. The quantitative estimate of drug-likeness (QED) is 0.764. The standard InChI is InChI=1S/C12H9N3O/c1-2-4-11-10(3-1)14-7-9(15-11)8-16-12-5-6-13-12/h1-7H,8H2. The van der Waals surface area contributed by atoms with E-state index >= 15 is 0 Å². The number of benzene rings is 1. The first-order valence-corrected chi connectivity index (χ1v) is 5.00. The van der Waals surface area contributed by atoms with Gasteiger partial charge in [0, 0.05) is 12.3 Å². The SMILES string of the molecule is C1=CC(OCc2cnc3ccccc3n2)=N1. The van der Waals surface area contributed by atoms with Gasteiger partial charge in [0.1, 0.15) is 6.61 Å². The van der Waals surface area contributed by atoms with Gasteiger partial charge in [0.25, 0.3) is 0 Å². The summed E-state index contributed by atoms with van der Waals surface area (Å²) in [4.78, 5) is 12.7. The summed E-state index contributed by atoms with van der Waals surface area (Å²) >= 11 is 0. The van der Waals surface area contributed by atoms with E-state index < -0.39 is 0 Å². The van der Waals surface area contributed by atoms with E-state index in [0.29, 0.717) is 12.5 Å². The van der Waals surface area contributed by atoms with Gasteiger partial charge in [0.15, 0.2) is 0 Å². The second kappa shape index (κ2) is 3.73. The van der Waals surface area contributed by atoms with Crippen LogP contribution < -0.4 is 0 Å². The van der Waals surface area contributed by atoms with Crippen molar-refractivity contribution >= 4 is 16.9 Å². The smallest absolute Gasteiger partial charge is 0.215 e. The van der Waals surface area contributed by atoms with Crippen LogP contribution in [0.25, 0.3) is 11.0 Å². The summed E-state index contributed by atoms with van der Waals surface area (Å²) in [6.45, 7) is 0.404. The van der Waals surface area contributed by atoms with Crippen LogP contribution in [0.2, 0.25) is 0 Å². The molecule has 0 fully saturated rings. The molecule has 0 radical (unpaired) electrons. The van der Waals surface area contributed by atoms with E-state index in [4.69, 9.17) is 4.74 Å². The number of hydrogen-bond acceptors (Lipinski definition) is 4. The van der Waals surface area contributed by atoms with E-state index in [9.17, 15) is 0 Å².